The van der Waals surface area contributed by atoms with Gasteiger partial charge in [0.1, 0.15) is 0 Å². The Kier molecular flexibility index (Phi) is 16.6. The summed E-state index contributed by atoms with van der Waals surface area (Å²) in [7, 11) is 1.64. The molecule has 122 valence electrons. The normalized spacial score (nSPS) is 12.8. The number of methoxy groups -OCH3 is 1. The molecule has 0 aromatic heterocycles. The fourth-order valence-corrected chi connectivity index (χ4v) is 1.43. The van der Waals surface area contributed by atoms with Crippen molar-refractivity contribution in [1.82, 2.24) is 5.32 Å². The molecular formula is C14H31NO5. The molecule has 0 aliphatic carbocycles. The van der Waals surface area contributed by atoms with Crippen LogP contribution in [0.2, 0.25) is 0 Å². The third kappa shape index (κ3) is 15.8. The molecule has 0 aromatic rings. The second-order valence-corrected chi connectivity index (χ2v) is 4.50. The van der Waals surface area contributed by atoms with Gasteiger partial charge in [0.15, 0.2) is 0 Å². The van der Waals surface area contributed by atoms with Crippen LogP contribution in [-0.4, -0.2) is 77.7 Å². The van der Waals surface area contributed by atoms with Gasteiger partial charge in [-0.2, -0.15) is 0 Å². The van der Waals surface area contributed by atoms with Crippen LogP contribution in [0.25, 0.3) is 0 Å². The molecule has 0 amide bonds. The zero-order chi connectivity index (χ0) is 14.9. The van der Waals surface area contributed by atoms with Crippen LogP contribution in [-0.2, 0) is 18.9 Å². The Morgan fingerprint density at radius 1 is 0.950 bits per heavy atom. The molecule has 20 heavy (non-hydrogen) atoms. The van der Waals surface area contributed by atoms with Crippen molar-refractivity contribution in [3.05, 3.63) is 0 Å². The summed E-state index contributed by atoms with van der Waals surface area (Å²) in [6.07, 6.45) is 1.84. The molecule has 1 atom stereocenters. The summed E-state index contributed by atoms with van der Waals surface area (Å²) in [6.45, 7) is 7.32. The Morgan fingerprint density at radius 3 is 2.15 bits per heavy atom. The van der Waals surface area contributed by atoms with E-state index in [9.17, 15) is 5.11 Å². The highest BCUT2D eigenvalue weighted by Gasteiger charge is 2.02. The summed E-state index contributed by atoms with van der Waals surface area (Å²) in [5.74, 6) is 0. The van der Waals surface area contributed by atoms with Gasteiger partial charge < -0.3 is 29.4 Å². The van der Waals surface area contributed by atoms with Crippen molar-refractivity contribution in [2.24, 2.45) is 0 Å². The van der Waals surface area contributed by atoms with E-state index in [1.54, 1.807) is 7.11 Å². The second-order valence-electron chi connectivity index (χ2n) is 4.50. The minimum Gasteiger partial charge on any atom is -0.389 e. The SMILES string of the molecule is CCCCNCC(O)COCCOCCOCCOC. The van der Waals surface area contributed by atoms with Gasteiger partial charge in [-0.3, -0.25) is 0 Å². The molecule has 0 saturated carbocycles. The number of hydrogen-bond acceptors (Lipinski definition) is 6. The van der Waals surface area contributed by atoms with Crippen molar-refractivity contribution in [2.45, 2.75) is 25.9 Å². The molecule has 6 heteroatoms. The van der Waals surface area contributed by atoms with E-state index in [1.807, 2.05) is 0 Å². The highest BCUT2D eigenvalue weighted by Crippen LogP contribution is 1.87. The van der Waals surface area contributed by atoms with Gasteiger partial charge in [0, 0.05) is 13.7 Å². The third-order valence-electron chi connectivity index (χ3n) is 2.57. The van der Waals surface area contributed by atoms with Crippen LogP contribution in [0.4, 0.5) is 0 Å². The number of rotatable bonds is 16. The monoisotopic (exact) mass is 293 g/mol. The maximum Gasteiger partial charge on any atom is 0.0897 e. The zero-order valence-electron chi connectivity index (χ0n) is 12.9. The molecule has 0 rings (SSSR count). The first kappa shape index (κ1) is 19.8. The molecule has 0 saturated heterocycles. The molecule has 0 bridgehead atoms. The van der Waals surface area contributed by atoms with Gasteiger partial charge in [0.05, 0.1) is 52.4 Å². The minimum absolute atomic E-state index is 0.340. The zero-order valence-corrected chi connectivity index (χ0v) is 12.9. The van der Waals surface area contributed by atoms with Crippen LogP contribution in [0.1, 0.15) is 19.8 Å². The average molecular weight is 293 g/mol. The molecule has 0 aliphatic rings. The first-order valence-corrected chi connectivity index (χ1v) is 7.42. The lowest BCUT2D eigenvalue weighted by atomic mass is 10.3. The fraction of sp³-hybridized carbons (Fsp3) is 1.00. The van der Waals surface area contributed by atoms with Gasteiger partial charge >= 0.3 is 0 Å². The largest absolute Gasteiger partial charge is 0.389 e. The summed E-state index contributed by atoms with van der Waals surface area (Å²) >= 11 is 0. The van der Waals surface area contributed by atoms with E-state index in [1.165, 1.54) is 0 Å². The first-order valence-electron chi connectivity index (χ1n) is 7.42. The van der Waals surface area contributed by atoms with E-state index in [0.717, 1.165) is 19.4 Å². The Balaban J connectivity index is 3.07. The number of unbranched alkanes of at least 4 members (excludes halogenated alkanes) is 1. The van der Waals surface area contributed by atoms with Crippen LogP contribution in [0, 0.1) is 0 Å². The highest BCUT2D eigenvalue weighted by molar-refractivity contribution is 4.57. The fourth-order valence-electron chi connectivity index (χ4n) is 1.43. The Morgan fingerprint density at radius 2 is 1.55 bits per heavy atom. The molecule has 0 radical (unpaired) electrons. The Hall–Kier alpha value is -0.240. The van der Waals surface area contributed by atoms with Crippen LogP contribution in [0.5, 0.6) is 0 Å². The Labute approximate surface area is 122 Å². The molecule has 0 aromatic carbocycles. The summed E-state index contributed by atoms with van der Waals surface area (Å²) in [5, 5.41) is 12.8. The molecule has 0 heterocycles. The van der Waals surface area contributed by atoms with Crippen molar-refractivity contribution in [2.75, 3.05) is 66.4 Å². The standard InChI is InChI=1S/C14H31NO5/c1-3-4-5-15-12-14(16)13-20-11-10-19-9-8-18-7-6-17-2/h14-16H,3-13H2,1-2H3. The van der Waals surface area contributed by atoms with Gasteiger partial charge in [-0.25, -0.2) is 0 Å². The number of nitrogens with one attached hydrogen (secondary N) is 1. The smallest absolute Gasteiger partial charge is 0.0897 e. The van der Waals surface area contributed by atoms with Crippen molar-refractivity contribution in [3.8, 4) is 0 Å². The van der Waals surface area contributed by atoms with Crippen molar-refractivity contribution in [3.63, 3.8) is 0 Å². The number of aliphatic hydroxyl groups is 1. The Bertz CT molecular complexity index is 183. The summed E-state index contributed by atoms with van der Waals surface area (Å²) in [4.78, 5) is 0. The van der Waals surface area contributed by atoms with Gasteiger partial charge in [0.25, 0.3) is 0 Å². The van der Waals surface area contributed by atoms with Crippen LogP contribution in [0.15, 0.2) is 0 Å². The van der Waals surface area contributed by atoms with E-state index < -0.39 is 6.10 Å². The predicted octanol–water partition coefficient (Wildman–Crippen LogP) is 0.433. The maximum absolute atomic E-state index is 9.61. The van der Waals surface area contributed by atoms with Crippen LogP contribution in [0.3, 0.4) is 0 Å². The van der Waals surface area contributed by atoms with Crippen molar-refractivity contribution in [1.29, 1.82) is 0 Å². The van der Waals surface area contributed by atoms with Gasteiger partial charge in [0.2, 0.25) is 0 Å². The second kappa shape index (κ2) is 16.8. The predicted molar refractivity (Wildman–Crippen MR) is 78.1 cm³/mol. The average Bonchev–Trinajstić information content (AvgIpc) is 2.45. The molecule has 6 nitrogen and oxygen atoms in total. The number of hydrogen-bond donors (Lipinski definition) is 2. The van der Waals surface area contributed by atoms with Crippen LogP contribution < -0.4 is 5.32 Å². The number of ether oxygens (including phenoxy) is 4. The van der Waals surface area contributed by atoms with Crippen LogP contribution >= 0.6 is 0 Å². The summed E-state index contributed by atoms with van der Waals surface area (Å²) in [6, 6.07) is 0. The lowest BCUT2D eigenvalue weighted by Crippen LogP contribution is -2.31. The number of aliphatic hydroxyl groups excluding tert-OH is 1. The minimum atomic E-state index is -0.454. The topological polar surface area (TPSA) is 69.2 Å². The lowest BCUT2D eigenvalue weighted by Gasteiger charge is -2.12. The van der Waals surface area contributed by atoms with E-state index >= 15 is 0 Å². The highest BCUT2D eigenvalue weighted by atomic mass is 16.6. The lowest BCUT2D eigenvalue weighted by molar-refractivity contribution is -0.0139. The van der Waals surface area contributed by atoms with Gasteiger partial charge in [-0.15, -0.1) is 0 Å². The molecular weight excluding hydrogens is 262 g/mol. The third-order valence-corrected chi connectivity index (χ3v) is 2.57. The molecule has 2 N–H and O–H groups in total. The van der Waals surface area contributed by atoms with E-state index in [2.05, 4.69) is 12.2 Å². The van der Waals surface area contributed by atoms with Gasteiger partial charge in [-0.1, -0.05) is 13.3 Å². The van der Waals surface area contributed by atoms with Crippen molar-refractivity contribution >= 4 is 0 Å². The first-order chi connectivity index (χ1) is 9.81. The van der Waals surface area contributed by atoms with E-state index in [0.29, 0.717) is 52.8 Å². The quantitative estimate of drug-likeness (QED) is 0.402. The maximum atomic E-state index is 9.61. The van der Waals surface area contributed by atoms with E-state index in [4.69, 9.17) is 18.9 Å². The molecule has 0 aliphatic heterocycles. The summed E-state index contributed by atoms with van der Waals surface area (Å²) < 4.78 is 20.7. The van der Waals surface area contributed by atoms with Gasteiger partial charge in [-0.05, 0) is 13.0 Å². The molecule has 0 spiro atoms. The molecule has 1 unspecified atom stereocenters. The van der Waals surface area contributed by atoms with Crippen molar-refractivity contribution < 1.29 is 24.1 Å². The summed E-state index contributed by atoms with van der Waals surface area (Å²) in [5.41, 5.74) is 0. The molecule has 0 fully saturated rings. The van der Waals surface area contributed by atoms with E-state index in [-0.39, 0.29) is 0 Å².